The van der Waals surface area contributed by atoms with Crippen LogP contribution in [-0.4, -0.2) is 10.1 Å². The highest BCUT2D eigenvalue weighted by molar-refractivity contribution is 5.94. The largest absolute Gasteiger partial charge is 0.508 e. The minimum Gasteiger partial charge on any atom is -0.508 e. The second kappa shape index (κ2) is 3.35. The molecule has 3 heteroatoms. The van der Waals surface area contributed by atoms with Crippen LogP contribution in [0.25, 0.3) is 21.8 Å². The van der Waals surface area contributed by atoms with E-state index in [4.69, 9.17) is 0 Å². The lowest BCUT2D eigenvalue weighted by Crippen LogP contribution is -2.04. The van der Waals surface area contributed by atoms with Gasteiger partial charge in [0.15, 0.2) is 5.43 Å². The predicted molar refractivity (Wildman–Crippen MR) is 68.5 cm³/mol. The number of rotatable bonds is 0. The fourth-order valence-electron chi connectivity index (χ4n) is 2.13. The van der Waals surface area contributed by atoms with Gasteiger partial charge in [0, 0.05) is 10.8 Å². The number of hydrogen-bond acceptors (Lipinski definition) is 2. The average Bonchev–Trinajstić information content (AvgIpc) is 2.32. The van der Waals surface area contributed by atoms with E-state index in [1.54, 1.807) is 18.2 Å². The smallest absolute Gasteiger partial charge is 0.197 e. The van der Waals surface area contributed by atoms with Crippen molar-refractivity contribution in [3.8, 4) is 5.75 Å². The Morgan fingerprint density at radius 1 is 1.12 bits per heavy atom. The van der Waals surface area contributed by atoms with Gasteiger partial charge in [0.2, 0.25) is 0 Å². The van der Waals surface area contributed by atoms with Crippen LogP contribution in [0.1, 0.15) is 5.56 Å². The molecule has 0 atom stereocenters. The predicted octanol–water partition coefficient (Wildman–Crippen LogP) is 2.70. The fourth-order valence-corrected chi connectivity index (χ4v) is 2.13. The molecule has 1 aromatic heterocycles. The summed E-state index contributed by atoms with van der Waals surface area (Å²) in [5.74, 6) is 0.106. The molecule has 3 nitrogen and oxygen atoms in total. The highest BCUT2D eigenvalue weighted by atomic mass is 16.3. The summed E-state index contributed by atoms with van der Waals surface area (Å²) in [6.07, 6.45) is 0. The first-order valence-electron chi connectivity index (χ1n) is 5.41. The first-order chi connectivity index (χ1) is 8.16. The molecular weight excluding hydrogens is 214 g/mol. The standard InChI is InChI=1S/C14H11NO2/c1-8-3-2-4-10-13(8)15-12-6-5-9(16)7-11(12)14(10)17/h2-7,16H,1H3,(H,15,17). The van der Waals surface area contributed by atoms with Gasteiger partial charge in [0.05, 0.1) is 11.0 Å². The van der Waals surface area contributed by atoms with Crippen molar-refractivity contribution in [2.45, 2.75) is 6.92 Å². The maximum atomic E-state index is 12.3. The van der Waals surface area contributed by atoms with Gasteiger partial charge in [-0.15, -0.1) is 0 Å². The van der Waals surface area contributed by atoms with Crippen LogP contribution in [0.2, 0.25) is 0 Å². The third-order valence-electron chi connectivity index (χ3n) is 3.02. The number of H-pyrrole nitrogens is 1. The Morgan fingerprint density at radius 2 is 1.94 bits per heavy atom. The second-order valence-electron chi connectivity index (χ2n) is 4.18. The van der Waals surface area contributed by atoms with Gasteiger partial charge in [0.25, 0.3) is 0 Å². The third-order valence-corrected chi connectivity index (χ3v) is 3.02. The normalized spacial score (nSPS) is 11.1. The molecule has 2 aromatic carbocycles. The van der Waals surface area contributed by atoms with Crippen LogP contribution in [0, 0.1) is 6.92 Å². The molecule has 3 aromatic rings. The van der Waals surface area contributed by atoms with Crippen molar-refractivity contribution in [1.82, 2.24) is 4.98 Å². The van der Waals surface area contributed by atoms with Crippen LogP contribution in [0.5, 0.6) is 5.75 Å². The summed E-state index contributed by atoms with van der Waals surface area (Å²) >= 11 is 0. The molecule has 0 amide bonds. The molecule has 17 heavy (non-hydrogen) atoms. The van der Waals surface area contributed by atoms with Gasteiger partial charge in [-0.3, -0.25) is 4.79 Å². The zero-order valence-electron chi connectivity index (χ0n) is 9.32. The van der Waals surface area contributed by atoms with Crippen LogP contribution in [0.15, 0.2) is 41.2 Å². The summed E-state index contributed by atoms with van der Waals surface area (Å²) in [6, 6.07) is 10.4. The van der Waals surface area contributed by atoms with Crippen molar-refractivity contribution in [2.75, 3.05) is 0 Å². The van der Waals surface area contributed by atoms with Crippen LogP contribution < -0.4 is 5.43 Å². The molecule has 0 aliphatic heterocycles. The van der Waals surface area contributed by atoms with Crippen LogP contribution in [0.4, 0.5) is 0 Å². The zero-order chi connectivity index (χ0) is 12.0. The van der Waals surface area contributed by atoms with E-state index < -0.39 is 0 Å². The van der Waals surface area contributed by atoms with Crippen molar-refractivity contribution < 1.29 is 5.11 Å². The molecule has 1 heterocycles. The van der Waals surface area contributed by atoms with Gasteiger partial charge < -0.3 is 10.1 Å². The van der Waals surface area contributed by atoms with E-state index in [0.717, 1.165) is 16.6 Å². The third kappa shape index (κ3) is 1.40. The van der Waals surface area contributed by atoms with E-state index in [1.807, 2.05) is 19.1 Å². The summed E-state index contributed by atoms with van der Waals surface area (Å²) in [4.78, 5) is 15.5. The SMILES string of the molecule is Cc1cccc2c(=O)c3cc(O)ccc3[nH]c12. The number of aromatic amines is 1. The number of aromatic hydroxyl groups is 1. The molecule has 0 fully saturated rings. The number of para-hydroxylation sites is 1. The van der Waals surface area contributed by atoms with E-state index in [-0.39, 0.29) is 11.2 Å². The molecule has 0 bridgehead atoms. The van der Waals surface area contributed by atoms with Crippen LogP contribution in [0.3, 0.4) is 0 Å². The van der Waals surface area contributed by atoms with E-state index in [0.29, 0.717) is 10.8 Å². The number of hydrogen-bond donors (Lipinski definition) is 2. The number of benzene rings is 2. The van der Waals surface area contributed by atoms with Crippen molar-refractivity contribution in [3.63, 3.8) is 0 Å². The molecule has 0 saturated carbocycles. The average molecular weight is 225 g/mol. The molecule has 0 radical (unpaired) electrons. The lowest BCUT2D eigenvalue weighted by atomic mass is 10.1. The van der Waals surface area contributed by atoms with Crippen molar-refractivity contribution >= 4 is 21.8 Å². The molecule has 2 N–H and O–H groups in total. The Hall–Kier alpha value is -2.29. The lowest BCUT2D eigenvalue weighted by Gasteiger charge is -2.05. The molecule has 0 aliphatic carbocycles. The highest BCUT2D eigenvalue weighted by Gasteiger charge is 2.06. The number of nitrogens with one attached hydrogen (secondary N) is 1. The molecule has 0 saturated heterocycles. The zero-order valence-corrected chi connectivity index (χ0v) is 9.32. The van der Waals surface area contributed by atoms with Gasteiger partial charge in [-0.1, -0.05) is 12.1 Å². The maximum absolute atomic E-state index is 12.3. The molecule has 3 rings (SSSR count). The molecule has 0 aliphatic rings. The molecule has 84 valence electrons. The first-order valence-corrected chi connectivity index (χ1v) is 5.41. The number of phenolic OH excluding ortho intramolecular Hbond substituents is 1. The van der Waals surface area contributed by atoms with E-state index >= 15 is 0 Å². The first kappa shape index (κ1) is 9.90. The fraction of sp³-hybridized carbons (Fsp3) is 0.0714. The minimum absolute atomic E-state index is 0.0478. The number of phenols is 1. The van der Waals surface area contributed by atoms with E-state index in [2.05, 4.69) is 4.98 Å². The van der Waals surface area contributed by atoms with Crippen molar-refractivity contribution in [1.29, 1.82) is 0 Å². The summed E-state index contributed by atoms with van der Waals surface area (Å²) in [5, 5.41) is 10.6. The Labute approximate surface area is 97.3 Å². The highest BCUT2D eigenvalue weighted by Crippen LogP contribution is 2.20. The second-order valence-corrected chi connectivity index (χ2v) is 4.18. The monoisotopic (exact) mass is 225 g/mol. The molecule has 0 spiro atoms. The van der Waals surface area contributed by atoms with E-state index in [9.17, 15) is 9.90 Å². The summed E-state index contributed by atoms with van der Waals surface area (Å²) in [7, 11) is 0. The number of fused-ring (bicyclic) bond motifs is 2. The summed E-state index contributed by atoms with van der Waals surface area (Å²) in [5.41, 5.74) is 2.59. The number of aryl methyl sites for hydroxylation is 1. The molecule has 0 unspecified atom stereocenters. The van der Waals surface area contributed by atoms with Gasteiger partial charge in [-0.25, -0.2) is 0 Å². The van der Waals surface area contributed by atoms with E-state index in [1.165, 1.54) is 6.07 Å². The Morgan fingerprint density at radius 3 is 2.76 bits per heavy atom. The summed E-state index contributed by atoms with van der Waals surface area (Å²) in [6.45, 7) is 1.96. The van der Waals surface area contributed by atoms with Crippen molar-refractivity contribution in [3.05, 3.63) is 52.2 Å². The quantitative estimate of drug-likeness (QED) is 0.578. The Bertz CT molecular complexity index is 780. The van der Waals surface area contributed by atoms with Crippen molar-refractivity contribution in [2.24, 2.45) is 0 Å². The van der Waals surface area contributed by atoms with Gasteiger partial charge in [0.1, 0.15) is 5.75 Å². The topological polar surface area (TPSA) is 53.1 Å². The Balaban J connectivity index is 2.62. The minimum atomic E-state index is -0.0478. The van der Waals surface area contributed by atoms with Gasteiger partial charge >= 0.3 is 0 Å². The van der Waals surface area contributed by atoms with Gasteiger partial charge in [-0.05, 0) is 36.8 Å². The Kier molecular flexibility index (Phi) is 1.95. The number of aromatic nitrogens is 1. The van der Waals surface area contributed by atoms with Crippen LogP contribution in [-0.2, 0) is 0 Å². The lowest BCUT2D eigenvalue weighted by molar-refractivity contribution is 0.476. The number of pyridine rings is 1. The van der Waals surface area contributed by atoms with Crippen LogP contribution >= 0.6 is 0 Å². The van der Waals surface area contributed by atoms with Gasteiger partial charge in [-0.2, -0.15) is 0 Å². The summed E-state index contributed by atoms with van der Waals surface area (Å²) < 4.78 is 0. The molecular formula is C14H11NO2. The maximum Gasteiger partial charge on any atom is 0.197 e.